The minimum absolute atomic E-state index is 0.408. The number of hydrogen-bond acceptors (Lipinski definition) is 4. The van der Waals surface area contributed by atoms with Crippen molar-refractivity contribution in [1.29, 1.82) is 0 Å². The Morgan fingerprint density at radius 1 is 1.39 bits per heavy atom. The van der Waals surface area contributed by atoms with Crippen LogP contribution in [0.25, 0.3) is 0 Å². The fourth-order valence-electron chi connectivity index (χ4n) is 1.55. The summed E-state index contributed by atoms with van der Waals surface area (Å²) < 4.78 is 6.24. The van der Waals surface area contributed by atoms with Crippen molar-refractivity contribution >= 4 is 15.9 Å². The summed E-state index contributed by atoms with van der Waals surface area (Å²) in [5.41, 5.74) is 1.16. The molecule has 1 heterocycles. The first kappa shape index (κ1) is 13.2. The first-order valence-corrected chi connectivity index (χ1v) is 6.72. The zero-order valence-corrected chi connectivity index (χ0v) is 12.1. The molecule has 0 aliphatic carbocycles. The van der Waals surface area contributed by atoms with Crippen LogP contribution < -0.4 is 5.32 Å². The zero-order chi connectivity index (χ0) is 13.0. The summed E-state index contributed by atoms with van der Waals surface area (Å²) in [6.07, 6.45) is 0.685. The van der Waals surface area contributed by atoms with E-state index in [-0.39, 0.29) is 0 Å². The maximum absolute atomic E-state index is 5.18. The van der Waals surface area contributed by atoms with E-state index in [1.165, 1.54) is 0 Å². The van der Waals surface area contributed by atoms with Crippen molar-refractivity contribution in [2.45, 2.75) is 32.9 Å². The van der Waals surface area contributed by atoms with Crippen LogP contribution in [0.5, 0.6) is 0 Å². The molecular formula is C13H16BrN3O. The summed E-state index contributed by atoms with van der Waals surface area (Å²) in [4.78, 5) is 4.35. The third-order valence-corrected chi connectivity index (χ3v) is 2.92. The SMILES string of the molecule is CC(C)NCc1nc(Cc2cccc(Br)c2)no1. The highest BCUT2D eigenvalue weighted by Crippen LogP contribution is 2.14. The van der Waals surface area contributed by atoms with Gasteiger partial charge < -0.3 is 9.84 Å². The Morgan fingerprint density at radius 2 is 2.22 bits per heavy atom. The lowest BCUT2D eigenvalue weighted by atomic mass is 10.1. The molecule has 0 aliphatic heterocycles. The van der Waals surface area contributed by atoms with Crippen LogP contribution in [0.4, 0.5) is 0 Å². The molecule has 0 aliphatic rings. The molecule has 1 aromatic heterocycles. The molecule has 5 heteroatoms. The molecule has 96 valence electrons. The van der Waals surface area contributed by atoms with Gasteiger partial charge in [0.25, 0.3) is 0 Å². The molecule has 0 saturated carbocycles. The van der Waals surface area contributed by atoms with Crippen LogP contribution in [0.2, 0.25) is 0 Å². The van der Waals surface area contributed by atoms with Gasteiger partial charge in [-0.2, -0.15) is 4.98 Å². The van der Waals surface area contributed by atoms with E-state index >= 15 is 0 Å². The lowest BCUT2D eigenvalue weighted by Gasteiger charge is -2.02. The van der Waals surface area contributed by atoms with Crippen molar-refractivity contribution in [1.82, 2.24) is 15.5 Å². The fourth-order valence-corrected chi connectivity index (χ4v) is 2.00. The minimum Gasteiger partial charge on any atom is -0.338 e. The van der Waals surface area contributed by atoms with Gasteiger partial charge in [-0.1, -0.05) is 47.1 Å². The van der Waals surface area contributed by atoms with E-state index in [0.29, 0.717) is 30.7 Å². The Morgan fingerprint density at radius 3 is 2.94 bits per heavy atom. The number of nitrogens with one attached hydrogen (secondary N) is 1. The second kappa shape index (κ2) is 6.11. The van der Waals surface area contributed by atoms with Crippen LogP contribution >= 0.6 is 15.9 Å². The minimum atomic E-state index is 0.408. The van der Waals surface area contributed by atoms with Crippen molar-refractivity contribution in [2.75, 3.05) is 0 Å². The quantitative estimate of drug-likeness (QED) is 0.922. The van der Waals surface area contributed by atoms with Crippen molar-refractivity contribution in [3.8, 4) is 0 Å². The van der Waals surface area contributed by atoms with Crippen LogP contribution in [-0.2, 0) is 13.0 Å². The Kier molecular flexibility index (Phi) is 4.49. The average Bonchev–Trinajstić information content (AvgIpc) is 2.74. The van der Waals surface area contributed by atoms with Gasteiger partial charge in [0.05, 0.1) is 6.54 Å². The van der Waals surface area contributed by atoms with Gasteiger partial charge in [-0.05, 0) is 17.7 Å². The van der Waals surface area contributed by atoms with Gasteiger partial charge in [-0.3, -0.25) is 0 Å². The summed E-state index contributed by atoms with van der Waals surface area (Å²) in [5.74, 6) is 1.35. The van der Waals surface area contributed by atoms with E-state index in [1.807, 2.05) is 18.2 Å². The van der Waals surface area contributed by atoms with Crippen LogP contribution in [0, 0.1) is 0 Å². The molecular weight excluding hydrogens is 294 g/mol. The Labute approximate surface area is 115 Å². The molecule has 4 nitrogen and oxygen atoms in total. The Bertz CT molecular complexity index is 510. The van der Waals surface area contributed by atoms with Gasteiger partial charge in [0.15, 0.2) is 5.82 Å². The van der Waals surface area contributed by atoms with Crippen molar-refractivity contribution in [3.05, 3.63) is 46.0 Å². The standard InChI is InChI=1S/C13H16BrN3O/c1-9(2)15-8-13-16-12(17-18-13)7-10-4-3-5-11(14)6-10/h3-6,9,15H,7-8H2,1-2H3. The second-order valence-corrected chi connectivity index (χ2v) is 5.36. The van der Waals surface area contributed by atoms with Gasteiger partial charge >= 0.3 is 0 Å². The van der Waals surface area contributed by atoms with E-state index in [2.05, 4.69) is 51.3 Å². The molecule has 2 rings (SSSR count). The van der Waals surface area contributed by atoms with Crippen LogP contribution in [0.1, 0.15) is 31.1 Å². The molecule has 0 saturated heterocycles. The molecule has 0 bridgehead atoms. The normalized spacial score (nSPS) is 11.1. The summed E-state index contributed by atoms with van der Waals surface area (Å²) in [7, 11) is 0. The van der Waals surface area contributed by atoms with Gasteiger partial charge in [0, 0.05) is 16.9 Å². The molecule has 1 aromatic carbocycles. The third kappa shape index (κ3) is 3.92. The first-order chi connectivity index (χ1) is 8.63. The number of rotatable bonds is 5. The maximum Gasteiger partial charge on any atom is 0.240 e. The highest BCUT2D eigenvalue weighted by atomic mass is 79.9. The molecule has 0 spiro atoms. The van der Waals surface area contributed by atoms with Crippen molar-refractivity contribution < 1.29 is 4.52 Å². The smallest absolute Gasteiger partial charge is 0.240 e. The van der Waals surface area contributed by atoms with E-state index in [9.17, 15) is 0 Å². The van der Waals surface area contributed by atoms with Gasteiger partial charge in [0.1, 0.15) is 0 Å². The summed E-state index contributed by atoms with van der Waals surface area (Å²) >= 11 is 3.45. The topological polar surface area (TPSA) is 51.0 Å². The van der Waals surface area contributed by atoms with Crippen molar-refractivity contribution in [3.63, 3.8) is 0 Å². The number of aromatic nitrogens is 2. The summed E-state index contributed by atoms with van der Waals surface area (Å²) in [5, 5.41) is 7.22. The van der Waals surface area contributed by atoms with Crippen molar-refractivity contribution in [2.24, 2.45) is 0 Å². The predicted octanol–water partition coefficient (Wildman–Crippen LogP) is 2.92. The molecule has 0 amide bonds. The number of nitrogens with zero attached hydrogens (tertiary/aromatic N) is 2. The van der Waals surface area contributed by atoms with E-state index < -0.39 is 0 Å². The molecule has 0 radical (unpaired) electrons. The highest BCUT2D eigenvalue weighted by Gasteiger charge is 2.07. The van der Waals surface area contributed by atoms with Crippen LogP contribution in [0.15, 0.2) is 33.3 Å². The van der Waals surface area contributed by atoms with Gasteiger partial charge in [0.2, 0.25) is 5.89 Å². The number of halogens is 1. The third-order valence-electron chi connectivity index (χ3n) is 2.42. The number of benzene rings is 1. The average molecular weight is 310 g/mol. The van der Waals surface area contributed by atoms with Gasteiger partial charge in [-0.15, -0.1) is 0 Å². The first-order valence-electron chi connectivity index (χ1n) is 5.93. The van der Waals surface area contributed by atoms with E-state index in [0.717, 1.165) is 10.0 Å². The van der Waals surface area contributed by atoms with Crippen LogP contribution in [0.3, 0.4) is 0 Å². The Balaban J connectivity index is 1.98. The summed E-state index contributed by atoms with van der Waals surface area (Å²) in [6.45, 7) is 4.78. The monoisotopic (exact) mass is 309 g/mol. The largest absolute Gasteiger partial charge is 0.338 e. The lowest BCUT2D eigenvalue weighted by molar-refractivity contribution is 0.358. The molecule has 0 unspecified atom stereocenters. The molecule has 18 heavy (non-hydrogen) atoms. The Hall–Kier alpha value is -1.20. The molecule has 2 aromatic rings. The summed E-state index contributed by atoms with van der Waals surface area (Å²) in [6, 6.07) is 8.51. The van der Waals surface area contributed by atoms with Crippen LogP contribution in [-0.4, -0.2) is 16.2 Å². The highest BCUT2D eigenvalue weighted by molar-refractivity contribution is 9.10. The predicted molar refractivity (Wildman–Crippen MR) is 73.2 cm³/mol. The van der Waals surface area contributed by atoms with Gasteiger partial charge in [-0.25, -0.2) is 0 Å². The molecule has 0 fully saturated rings. The fraction of sp³-hybridized carbons (Fsp3) is 0.385. The second-order valence-electron chi connectivity index (χ2n) is 4.45. The number of hydrogen-bond donors (Lipinski definition) is 1. The molecule has 0 atom stereocenters. The maximum atomic E-state index is 5.18. The lowest BCUT2D eigenvalue weighted by Crippen LogP contribution is -2.21. The molecule has 1 N–H and O–H groups in total. The van der Waals surface area contributed by atoms with E-state index in [4.69, 9.17) is 4.52 Å². The zero-order valence-electron chi connectivity index (χ0n) is 10.5. The van der Waals surface area contributed by atoms with E-state index in [1.54, 1.807) is 0 Å².